The van der Waals surface area contributed by atoms with E-state index in [9.17, 15) is 0 Å². The van der Waals surface area contributed by atoms with E-state index in [1.54, 1.807) is 0 Å². The monoisotopic (exact) mass is 328 g/mol. The van der Waals surface area contributed by atoms with Gasteiger partial charge in [0.15, 0.2) is 0 Å². The zero-order valence-electron chi connectivity index (χ0n) is 9.62. The van der Waals surface area contributed by atoms with E-state index in [1.165, 1.54) is 15.3 Å². The van der Waals surface area contributed by atoms with E-state index in [-0.39, 0.29) is 0 Å². The number of halogens is 2. The van der Waals surface area contributed by atoms with Crippen molar-refractivity contribution in [2.75, 3.05) is 0 Å². The van der Waals surface area contributed by atoms with Crippen LogP contribution in [0.15, 0.2) is 36.4 Å². The Kier molecular flexibility index (Phi) is 4.66. The van der Waals surface area contributed by atoms with Gasteiger partial charge in [0.1, 0.15) is 0 Å². The molecular formula is C14H14BrClS. The molecule has 0 aliphatic heterocycles. The molecule has 0 saturated carbocycles. The first-order valence-corrected chi connectivity index (χ1v) is 7.77. The second kappa shape index (κ2) is 6.03. The summed E-state index contributed by atoms with van der Waals surface area (Å²) in [5, 5.41) is 0.851. The molecule has 2 rings (SSSR count). The molecule has 0 radical (unpaired) electrons. The molecule has 0 spiro atoms. The molecule has 1 aromatic heterocycles. The van der Waals surface area contributed by atoms with E-state index in [2.05, 4.69) is 41.1 Å². The Morgan fingerprint density at radius 1 is 1.24 bits per heavy atom. The maximum absolute atomic E-state index is 6.17. The van der Waals surface area contributed by atoms with Gasteiger partial charge in [-0.25, -0.2) is 0 Å². The SMILES string of the molecule is CCc1ccc(C(Br)Cc2ccccc2Cl)s1. The summed E-state index contributed by atoms with van der Waals surface area (Å²) in [7, 11) is 0. The molecule has 1 aromatic carbocycles. The van der Waals surface area contributed by atoms with Crippen molar-refractivity contribution in [1.82, 2.24) is 0 Å². The van der Waals surface area contributed by atoms with Crippen LogP contribution in [0.2, 0.25) is 5.02 Å². The molecule has 2 aromatic rings. The average Bonchev–Trinajstić information content (AvgIpc) is 2.81. The van der Waals surface area contributed by atoms with E-state index < -0.39 is 0 Å². The van der Waals surface area contributed by atoms with Crippen LogP contribution in [0.3, 0.4) is 0 Å². The number of rotatable bonds is 4. The Hall–Kier alpha value is -0.310. The number of thiophene rings is 1. The van der Waals surface area contributed by atoms with Crippen molar-refractivity contribution in [2.45, 2.75) is 24.6 Å². The topological polar surface area (TPSA) is 0 Å². The molecule has 1 unspecified atom stereocenters. The predicted molar refractivity (Wildman–Crippen MR) is 80.5 cm³/mol. The van der Waals surface area contributed by atoms with Crippen molar-refractivity contribution < 1.29 is 0 Å². The Morgan fingerprint density at radius 3 is 2.65 bits per heavy atom. The molecule has 0 fully saturated rings. The standard InChI is InChI=1S/C14H14BrClS/c1-2-11-7-8-14(17-11)12(15)9-10-5-3-4-6-13(10)16/h3-8,12H,2,9H2,1H3. The molecule has 1 heterocycles. The van der Waals surface area contributed by atoms with Gasteiger partial charge in [0.05, 0.1) is 4.83 Å². The summed E-state index contributed by atoms with van der Waals surface area (Å²) in [6, 6.07) is 12.5. The molecule has 0 bridgehead atoms. The minimum atomic E-state index is 0.354. The van der Waals surface area contributed by atoms with Crippen LogP contribution in [-0.4, -0.2) is 0 Å². The maximum Gasteiger partial charge on any atom is 0.0530 e. The summed E-state index contributed by atoms with van der Waals surface area (Å²) in [4.78, 5) is 3.16. The highest BCUT2D eigenvalue weighted by Crippen LogP contribution is 2.34. The lowest BCUT2D eigenvalue weighted by atomic mass is 10.1. The second-order valence-electron chi connectivity index (χ2n) is 3.92. The fourth-order valence-electron chi connectivity index (χ4n) is 1.71. The van der Waals surface area contributed by atoms with Gasteiger partial charge in [0.2, 0.25) is 0 Å². The Balaban J connectivity index is 2.11. The van der Waals surface area contributed by atoms with Crippen LogP contribution in [0.4, 0.5) is 0 Å². The highest BCUT2D eigenvalue weighted by atomic mass is 79.9. The molecular weight excluding hydrogens is 316 g/mol. The lowest BCUT2D eigenvalue weighted by Crippen LogP contribution is -1.93. The summed E-state index contributed by atoms with van der Waals surface area (Å²) < 4.78 is 0. The van der Waals surface area contributed by atoms with E-state index in [1.807, 2.05) is 29.5 Å². The minimum absolute atomic E-state index is 0.354. The molecule has 0 N–H and O–H groups in total. The smallest absolute Gasteiger partial charge is 0.0530 e. The highest BCUT2D eigenvalue weighted by Gasteiger charge is 2.12. The molecule has 1 atom stereocenters. The van der Waals surface area contributed by atoms with E-state index in [4.69, 9.17) is 11.6 Å². The normalized spacial score (nSPS) is 12.6. The van der Waals surface area contributed by atoms with Crippen LogP contribution >= 0.6 is 38.9 Å². The van der Waals surface area contributed by atoms with Gasteiger partial charge in [-0.15, -0.1) is 11.3 Å². The van der Waals surface area contributed by atoms with Gasteiger partial charge in [-0.1, -0.05) is 52.7 Å². The van der Waals surface area contributed by atoms with E-state index >= 15 is 0 Å². The predicted octanol–water partition coefficient (Wildman–Crippen LogP) is 5.64. The van der Waals surface area contributed by atoms with Gasteiger partial charge < -0.3 is 0 Å². The first-order valence-electron chi connectivity index (χ1n) is 5.66. The zero-order chi connectivity index (χ0) is 12.3. The zero-order valence-corrected chi connectivity index (χ0v) is 12.8. The average molecular weight is 330 g/mol. The maximum atomic E-state index is 6.17. The van der Waals surface area contributed by atoms with E-state index in [0.29, 0.717) is 4.83 Å². The Labute approximate surface area is 120 Å². The van der Waals surface area contributed by atoms with Crippen LogP contribution in [0, 0.1) is 0 Å². The molecule has 90 valence electrons. The number of aryl methyl sites for hydroxylation is 1. The second-order valence-corrected chi connectivity index (χ2v) is 6.63. The number of hydrogen-bond donors (Lipinski definition) is 0. The van der Waals surface area contributed by atoms with Crippen LogP contribution in [0.5, 0.6) is 0 Å². The van der Waals surface area contributed by atoms with Gasteiger partial charge in [0, 0.05) is 14.8 Å². The van der Waals surface area contributed by atoms with Crippen LogP contribution in [-0.2, 0) is 12.8 Å². The Bertz CT molecular complexity index is 492. The van der Waals surface area contributed by atoms with Crippen molar-refractivity contribution in [3.8, 4) is 0 Å². The van der Waals surface area contributed by atoms with Gasteiger partial charge in [-0.3, -0.25) is 0 Å². The summed E-state index contributed by atoms with van der Waals surface area (Å²) in [6.07, 6.45) is 2.04. The molecule has 0 aliphatic carbocycles. The van der Waals surface area contributed by atoms with Crippen LogP contribution in [0.25, 0.3) is 0 Å². The third kappa shape index (κ3) is 3.34. The fraction of sp³-hybridized carbons (Fsp3) is 0.286. The third-order valence-electron chi connectivity index (χ3n) is 2.70. The largest absolute Gasteiger partial charge is 0.144 e. The van der Waals surface area contributed by atoms with Gasteiger partial charge >= 0.3 is 0 Å². The van der Waals surface area contributed by atoms with Crippen molar-refractivity contribution >= 4 is 38.9 Å². The Morgan fingerprint density at radius 2 is 2.00 bits per heavy atom. The summed E-state index contributed by atoms with van der Waals surface area (Å²) in [5.74, 6) is 0. The van der Waals surface area contributed by atoms with Crippen LogP contribution < -0.4 is 0 Å². The van der Waals surface area contributed by atoms with Gasteiger partial charge in [-0.05, 0) is 36.6 Å². The summed E-state index contributed by atoms with van der Waals surface area (Å²) in [6.45, 7) is 2.19. The molecule has 0 saturated heterocycles. The number of alkyl halides is 1. The van der Waals surface area contributed by atoms with Crippen molar-refractivity contribution in [3.05, 3.63) is 56.7 Å². The van der Waals surface area contributed by atoms with Crippen molar-refractivity contribution in [1.29, 1.82) is 0 Å². The molecule has 3 heteroatoms. The molecule has 0 nitrogen and oxygen atoms in total. The first kappa shape index (κ1) is 13.1. The lowest BCUT2D eigenvalue weighted by molar-refractivity contribution is 0.970. The number of benzene rings is 1. The van der Waals surface area contributed by atoms with Gasteiger partial charge in [-0.2, -0.15) is 0 Å². The minimum Gasteiger partial charge on any atom is -0.144 e. The lowest BCUT2D eigenvalue weighted by Gasteiger charge is -2.09. The van der Waals surface area contributed by atoms with Crippen LogP contribution in [0.1, 0.15) is 27.1 Å². The summed E-state index contributed by atoms with van der Waals surface area (Å²) >= 11 is 11.8. The van der Waals surface area contributed by atoms with Gasteiger partial charge in [0.25, 0.3) is 0 Å². The molecule has 0 aliphatic rings. The molecule has 17 heavy (non-hydrogen) atoms. The number of hydrogen-bond acceptors (Lipinski definition) is 1. The van der Waals surface area contributed by atoms with Crippen molar-refractivity contribution in [2.24, 2.45) is 0 Å². The summed E-state index contributed by atoms with van der Waals surface area (Å²) in [5.41, 5.74) is 1.20. The van der Waals surface area contributed by atoms with E-state index in [0.717, 1.165) is 17.9 Å². The first-order chi connectivity index (χ1) is 8.20. The third-order valence-corrected chi connectivity index (χ3v) is 5.53. The molecule has 0 amide bonds. The van der Waals surface area contributed by atoms with Crippen molar-refractivity contribution in [3.63, 3.8) is 0 Å². The quantitative estimate of drug-likeness (QED) is 0.636. The fourth-order valence-corrected chi connectivity index (χ4v) is 3.64. The highest BCUT2D eigenvalue weighted by molar-refractivity contribution is 9.09.